The molecule has 5 nitrogen and oxygen atoms in total. The summed E-state index contributed by atoms with van der Waals surface area (Å²) in [5.74, 6) is -0.397. The maximum absolute atomic E-state index is 12.0. The van der Waals surface area contributed by atoms with Gasteiger partial charge in [0.05, 0.1) is 11.6 Å². The van der Waals surface area contributed by atoms with Gasteiger partial charge >= 0.3 is 5.97 Å². The number of carbonyl (C=O) groups is 2. The van der Waals surface area contributed by atoms with Crippen LogP contribution in [0.2, 0.25) is 10.0 Å². The van der Waals surface area contributed by atoms with Gasteiger partial charge in [0.15, 0.2) is 6.61 Å². The molecular formula is C19H17Cl2NO4. The van der Waals surface area contributed by atoms with Crippen LogP contribution >= 0.6 is 23.2 Å². The number of nitrogens with one attached hydrogen (secondary N) is 1. The Morgan fingerprint density at radius 1 is 1.12 bits per heavy atom. The van der Waals surface area contributed by atoms with Crippen molar-refractivity contribution in [3.8, 4) is 5.75 Å². The predicted molar refractivity (Wildman–Crippen MR) is 103 cm³/mol. The Labute approximate surface area is 161 Å². The Balaban J connectivity index is 1.87. The summed E-state index contributed by atoms with van der Waals surface area (Å²) in [7, 11) is 0. The van der Waals surface area contributed by atoms with Crippen LogP contribution in [-0.2, 0) is 14.3 Å². The molecule has 0 saturated carbocycles. The topological polar surface area (TPSA) is 64.6 Å². The molecule has 0 aromatic heterocycles. The van der Waals surface area contributed by atoms with Crippen LogP contribution < -0.4 is 10.1 Å². The molecule has 1 amide bonds. The van der Waals surface area contributed by atoms with Crippen molar-refractivity contribution in [1.82, 2.24) is 0 Å². The van der Waals surface area contributed by atoms with Gasteiger partial charge in [-0.3, -0.25) is 4.79 Å². The fourth-order valence-corrected chi connectivity index (χ4v) is 2.29. The lowest BCUT2D eigenvalue weighted by Crippen LogP contribution is -2.20. The van der Waals surface area contributed by atoms with E-state index in [1.807, 2.05) is 0 Å². The average Bonchev–Trinajstić information content (AvgIpc) is 2.62. The fraction of sp³-hybridized carbons (Fsp3) is 0.158. The number of ether oxygens (including phenoxy) is 2. The molecule has 136 valence electrons. The third-order valence-electron chi connectivity index (χ3n) is 3.14. The largest absolute Gasteiger partial charge is 0.482 e. The number of hydrogen-bond acceptors (Lipinski definition) is 4. The van der Waals surface area contributed by atoms with E-state index in [1.54, 1.807) is 55.5 Å². The van der Waals surface area contributed by atoms with E-state index in [4.69, 9.17) is 32.7 Å². The molecule has 0 fully saturated rings. The van der Waals surface area contributed by atoms with E-state index in [0.29, 0.717) is 28.1 Å². The standard InChI is InChI=1S/C19H17Cl2NO4/c1-2-25-19(24)10-5-13-3-7-15(8-4-13)22-18(23)12-26-17-11-14(20)6-9-16(17)21/h3-11H,2,12H2,1H3,(H,22,23)/b10-5+. The number of rotatable bonds is 7. The van der Waals surface area contributed by atoms with Gasteiger partial charge in [0.25, 0.3) is 5.91 Å². The van der Waals surface area contributed by atoms with E-state index in [-0.39, 0.29) is 12.5 Å². The molecule has 0 aliphatic heterocycles. The molecule has 1 N–H and O–H groups in total. The normalized spacial score (nSPS) is 10.6. The third-order valence-corrected chi connectivity index (χ3v) is 3.69. The maximum Gasteiger partial charge on any atom is 0.330 e. The highest BCUT2D eigenvalue weighted by Gasteiger charge is 2.07. The SMILES string of the molecule is CCOC(=O)/C=C/c1ccc(NC(=O)COc2cc(Cl)ccc2Cl)cc1. The van der Waals surface area contributed by atoms with Crippen molar-refractivity contribution in [2.45, 2.75) is 6.92 Å². The second-order valence-corrected chi connectivity index (χ2v) is 5.96. The maximum atomic E-state index is 12.0. The molecule has 0 bridgehead atoms. The van der Waals surface area contributed by atoms with Crippen LogP contribution in [0, 0.1) is 0 Å². The van der Waals surface area contributed by atoms with Gasteiger partial charge in [0, 0.05) is 22.9 Å². The van der Waals surface area contributed by atoms with Crippen molar-refractivity contribution in [2.75, 3.05) is 18.5 Å². The Kier molecular flexibility index (Phi) is 7.51. The van der Waals surface area contributed by atoms with Crippen LogP contribution in [0.5, 0.6) is 5.75 Å². The van der Waals surface area contributed by atoms with E-state index in [1.165, 1.54) is 6.08 Å². The number of amides is 1. The summed E-state index contributed by atoms with van der Waals surface area (Å²) < 4.78 is 10.2. The van der Waals surface area contributed by atoms with Gasteiger partial charge in [-0.15, -0.1) is 0 Å². The van der Waals surface area contributed by atoms with E-state index in [2.05, 4.69) is 5.32 Å². The summed E-state index contributed by atoms with van der Waals surface area (Å²) in [5, 5.41) is 3.55. The average molecular weight is 394 g/mol. The molecule has 2 aromatic carbocycles. The number of esters is 1. The summed E-state index contributed by atoms with van der Waals surface area (Å²) in [4.78, 5) is 23.2. The fourth-order valence-electron chi connectivity index (χ4n) is 1.96. The van der Waals surface area contributed by atoms with Crippen LogP contribution in [0.25, 0.3) is 6.08 Å². The van der Waals surface area contributed by atoms with Gasteiger partial charge < -0.3 is 14.8 Å². The monoisotopic (exact) mass is 393 g/mol. The first-order valence-corrected chi connectivity index (χ1v) is 8.56. The molecule has 0 aliphatic rings. The third kappa shape index (κ3) is 6.43. The highest BCUT2D eigenvalue weighted by Crippen LogP contribution is 2.27. The quantitative estimate of drug-likeness (QED) is 0.551. The van der Waals surface area contributed by atoms with Crippen molar-refractivity contribution < 1.29 is 19.1 Å². The van der Waals surface area contributed by atoms with Crippen molar-refractivity contribution in [3.63, 3.8) is 0 Å². The van der Waals surface area contributed by atoms with Crippen LogP contribution in [0.1, 0.15) is 12.5 Å². The summed E-state index contributed by atoms with van der Waals surface area (Å²) in [5.41, 5.74) is 1.40. The lowest BCUT2D eigenvalue weighted by molar-refractivity contribution is -0.137. The number of benzene rings is 2. The second-order valence-electron chi connectivity index (χ2n) is 5.12. The molecule has 2 aromatic rings. The van der Waals surface area contributed by atoms with Gasteiger partial charge in [-0.1, -0.05) is 35.3 Å². The molecule has 0 unspecified atom stereocenters. The van der Waals surface area contributed by atoms with Crippen molar-refractivity contribution in [1.29, 1.82) is 0 Å². The predicted octanol–water partition coefficient (Wildman–Crippen LogP) is 4.59. The summed E-state index contributed by atoms with van der Waals surface area (Å²) >= 11 is 11.8. The zero-order valence-electron chi connectivity index (χ0n) is 14.0. The molecule has 0 heterocycles. The first-order valence-electron chi connectivity index (χ1n) is 7.80. The van der Waals surface area contributed by atoms with Crippen molar-refractivity contribution in [3.05, 3.63) is 64.1 Å². The molecule has 0 spiro atoms. The van der Waals surface area contributed by atoms with Crippen LogP contribution in [0.3, 0.4) is 0 Å². The minimum absolute atomic E-state index is 0.204. The number of halogens is 2. The van der Waals surface area contributed by atoms with E-state index in [9.17, 15) is 9.59 Å². The van der Waals surface area contributed by atoms with Crippen LogP contribution in [-0.4, -0.2) is 25.1 Å². The van der Waals surface area contributed by atoms with E-state index in [0.717, 1.165) is 5.56 Å². The molecule has 0 aliphatic carbocycles. The Morgan fingerprint density at radius 3 is 2.54 bits per heavy atom. The van der Waals surface area contributed by atoms with E-state index < -0.39 is 5.97 Å². The molecule has 7 heteroatoms. The molecule has 2 rings (SSSR count). The lowest BCUT2D eigenvalue weighted by atomic mass is 10.2. The van der Waals surface area contributed by atoms with Gasteiger partial charge in [-0.25, -0.2) is 4.79 Å². The molecule has 0 radical (unpaired) electrons. The van der Waals surface area contributed by atoms with Crippen LogP contribution in [0.15, 0.2) is 48.5 Å². The minimum Gasteiger partial charge on any atom is -0.482 e. The molecular weight excluding hydrogens is 377 g/mol. The van der Waals surface area contributed by atoms with Gasteiger partial charge in [0.2, 0.25) is 0 Å². The smallest absolute Gasteiger partial charge is 0.330 e. The number of carbonyl (C=O) groups excluding carboxylic acids is 2. The van der Waals surface area contributed by atoms with Crippen molar-refractivity contribution >= 4 is 46.8 Å². The lowest BCUT2D eigenvalue weighted by Gasteiger charge is -2.09. The first-order chi connectivity index (χ1) is 12.5. The molecule has 0 saturated heterocycles. The zero-order chi connectivity index (χ0) is 18.9. The summed E-state index contributed by atoms with van der Waals surface area (Å²) in [6.45, 7) is 1.87. The Morgan fingerprint density at radius 2 is 1.85 bits per heavy atom. The van der Waals surface area contributed by atoms with E-state index >= 15 is 0 Å². The second kappa shape index (κ2) is 9.85. The first kappa shape index (κ1) is 19.8. The van der Waals surface area contributed by atoms with Gasteiger partial charge in [0.1, 0.15) is 5.75 Å². The van der Waals surface area contributed by atoms with Crippen molar-refractivity contribution in [2.24, 2.45) is 0 Å². The Bertz CT molecular complexity index is 804. The minimum atomic E-state index is -0.401. The highest BCUT2D eigenvalue weighted by molar-refractivity contribution is 6.34. The summed E-state index contributed by atoms with van der Waals surface area (Å²) in [6, 6.07) is 11.7. The highest BCUT2D eigenvalue weighted by atomic mass is 35.5. The number of hydrogen-bond donors (Lipinski definition) is 1. The van der Waals surface area contributed by atoms with Crippen LogP contribution in [0.4, 0.5) is 5.69 Å². The zero-order valence-corrected chi connectivity index (χ0v) is 15.5. The summed E-state index contributed by atoms with van der Waals surface area (Å²) in [6.07, 6.45) is 2.98. The Hall–Kier alpha value is -2.50. The molecule has 26 heavy (non-hydrogen) atoms. The number of anilines is 1. The molecule has 0 atom stereocenters. The van der Waals surface area contributed by atoms with Gasteiger partial charge in [-0.2, -0.15) is 0 Å². The van der Waals surface area contributed by atoms with Gasteiger partial charge in [-0.05, 0) is 42.8 Å².